The van der Waals surface area contributed by atoms with Crippen LogP contribution in [-0.4, -0.2) is 50.0 Å². The summed E-state index contributed by atoms with van der Waals surface area (Å²) in [6.45, 7) is 0. The number of carbonyl (C=O) groups is 2. The number of carboxylic acid groups (broad SMARTS) is 1. The largest absolute Gasteiger partial charge is 0.550 e. The molecule has 12 heteroatoms. The molecule has 0 spiro atoms. The summed E-state index contributed by atoms with van der Waals surface area (Å²) < 4.78 is 41.7. The van der Waals surface area contributed by atoms with E-state index in [1.807, 2.05) is 0 Å². The Hall–Kier alpha value is -0.530. The smallest absolute Gasteiger partial charge is 0.339 e. The van der Waals surface area contributed by atoms with Crippen LogP contribution in [0.5, 0.6) is 0 Å². The van der Waals surface area contributed by atoms with E-state index < -0.39 is 57.6 Å². The Balaban J connectivity index is 1.66. The van der Waals surface area contributed by atoms with Crippen molar-refractivity contribution in [3.05, 3.63) is 31.1 Å². The maximum absolute atomic E-state index is 12.6. The van der Waals surface area contributed by atoms with E-state index in [1.165, 1.54) is 6.07 Å². The van der Waals surface area contributed by atoms with Crippen LogP contribution >= 0.6 is 47.8 Å². The third kappa shape index (κ3) is 2.68. The third-order valence-corrected chi connectivity index (χ3v) is 8.81. The lowest BCUT2D eigenvalue weighted by molar-refractivity contribution is -0.313. The van der Waals surface area contributed by atoms with E-state index in [4.69, 9.17) is 13.7 Å². The van der Waals surface area contributed by atoms with Crippen LogP contribution in [0, 0.1) is 5.92 Å². The lowest BCUT2D eigenvalue weighted by Gasteiger charge is -2.28. The van der Waals surface area contributed by atoms with E-state index in [0.29, 0.717) is 13.4 Å². The van der Waals surface area contributed by atoms with Crippen LogP contribution in [0.2, 0.25) is 0 Å². The Kier molecular flexibility index (Phi) is 4.52. The number of aliphatic carboxylic acids is 1. The highest BCUT2D eigenvalue weighted by atomic mass is 79.9. The summed E-state index contributed by atoms with van der Waals surface area (Å²) in [5.41, 5.74) is 0.163. The van der Waals surface area contributed by atoms with Gasteiger partial charge in [-0.3, -0.25) is 4.18 Å². The van der Waals surface area contributed by atoms with Crippen molar-refractivity contribution in [3.63, 3.8) is 0 Å². The number of benzene rings is 1. The van der Waals surface area contributed by atoms with Crippen LogP contribution in [0.4, 0.5) is 0 Å². The number of carboxylic acids is 1. The van der Waals surface area contributed by atoms with Gasteiger partial charge in [0.25, 0.3) is 10.1 Å². The third-order valence-electron chi connectivity index (χ3n) is 4.62. The van der Waals surface area contributed by atoms with E-state index in [-0.39, 0.29) is 5.56 Å². The highest BCUT2D eigenvalue weighted by molar-refractivity contribution is 9.13. The van der Waals surface area contributed by atoms with Gasteiger partial charge in [-0.05, 0) is 44.0 Å². The number of hydrogen-bond donors (Lipinski definition) is 0. The molecule has 26 heavy (non-hydrogen) atoms. The lowest BCUT2D eigenvalue weighted by atomic mass is 9.85. The molecule has 8 nitrogen and oxygen atoms in total. The molecule has 3 saturated heterocycles. The minimum atomic E-state index is -4.14. The zero-order valence-electron chi connectivity index (χ0n) is 12.4. The fourth-order valence-electron chi connectivity index (χ4n) is 3.62. The van der Waals surface area contributed by atoms with Crippen LogP contribution in [0.3, 0.4) is 0 Å². The van der Waals surface area contributed by atoms with Gasteiger partial charge >= 0.3 is 5.97 Å². The summed E-state index contributed by atoms with van der Waals surface area (Å²) in [5.74, 6) is -3.82. The average molecular weight is 576 g/mol. The van der Waals surface area contributed by atoms with Crippen LogP contribution in [-0.2, 0) is 28.6 Å². The monoisotopic (exact) mass is 573 g/mol. The van der Waals surface area contributed by atoms with Gasteiger partial charge in [-0.15, -0.1) is 0 Å². The van der Waals surface area contributed by atoms with Gasteiger partial charge in [0.2, 0.25) is 0 Å². The van der Waals surface area contributed by atoms with Gasteiger partial charge in [-0.2, -0.15) is 8.42 Å². The van der Waals surface area contributed by atoms with Crippen molar-refractivity contribution < 1.29 is 36.8 Å². The molecule has 6 atom stereocenters. The molecule has 1 aromatic carbocycles. The molecule has 1 aromatic rings. The molecule has 0 saturated carbocycles. The first-order chi connectivity index (χ1) is 12.1. The molecule has 0 amide bonds. The predicted molar refractivity (Wildman–Crippen MR) is 93.5 cm³/mol. The molecule has 2 bridgehead atoms. The van der Waals surface area contributed by atoms with Gasteiger partial charge < -0.3 is 19.4 Å². The molecule has 4 rings (SSSR count). The number of hydrogen-bond acceptors (Lipinski definition) is 8. The van der Waals surface area contributed by atoms with Crippen molar-refractivity contribution in [2.24, 2.45) is 5.92 Å². The van der Waals surface area contributed by atoms with E-state index in [0.717, 1.165) is 0 Å². The molecular weight excluding hydrogens is 568 g/mol. The maximum atomic E-state index is 12.6. The number of halogens is 3. The Labute approximate surface area is 172 Å². The normalized spacial score (nSPS) is 36.3. The minimum Gasteiger partial charge on any atom is -0.550 e. The van der Waals surface area contributed by atoms with Crippen molar-refractivity contribution >= 4 is 69.8 Å². The van der Waals surface area contributed by atoms with Crippen molar-refractivity contribution in [3.8, 4) is 0 Å². The van der Waals surface area contributed by atoms with Crippen LogP contribution < -0.4 is 5.11 Å². The fraction of sp³-hybridized carbons (Fsp3) is 0.429. The molecule has 0 aromatic heterocycles. The minimum absolute atomic E-state index is 0.163. The van der Waals surface area contributed by atoms with E-state index in [1.54, 1.807) is 6.07 Å². The van der Waals surface area contributed by atoms with Gasteiger partial charge in [0, 0.05) is 19.4 Å². The Morgan fingerprint density at radius 3 is 2.46 bits per heavy atom. The summed E-state index contributed by atoms with van der Waals surface area (Å²) in [5, 5.41) is 10.1. The van der Waals surface area contributed by atoms with Crippen LogP contribution in [0.15, 0.2) is 25.6 Å². The average Bonchev–Trinajstić information content (AvgIpc) is 3.13. The zero-order chi connectivity index (χ0) is 19.0. The summed E-state index contributed by atoms with van der Waals surface area (Å²) in [6, 6.07) is 3.22. The summed E-state index contributed by atoms with van der Waals surface area (Å²) >= 11 is 9.82. The lowest BCUT2D eigenvalue weighted by Crippen LogP contribution is -2.53. The van der Waals surface area contributed by atoms with Gasteiger partial charge in [-0.1, -0.05) is 15.9 Å². The Morgan fingerprint density at radius 2 is 1.81 bits per heavy atom. The Morgan fingerprint density at radius 1 is 1.12 bits per heavy atom. The van der Waals surface area contributed by atoms with E-state index in [2.05, 4.69) is 47.8 Å². The first-order valence-electron chi connectivity index (χ1n) is 7.26. The predicted octanol–water partition coefficient (Wildman–Crippen LogP) is 0.744. The number of ether oxygens (including phenoxy) is 2. The topological polar surface area (TPSA) is 119 Å². The number of esters is 1. The first kappa shape index (κ1) is 18.8. The van der Waals surface area contributed by atoms with Crippen LogP contribution in [0.1, 0.15) is 10.4 Å². The van der Waals surface area contributed by atoms with Gasteiger partial charge in [-0.25, -0.2) is 4.79 Å². The van der Waals surface area contributed by atoms with Crippen molar-refractivity contribution in [2.45, 2.75) is 29.7 Å². The number of fused-ring (bicyclic) bond motifs is 1. The van der Waals surface area contributed by atoms with Crippen molar-refractivity contribution in [2.75, 3.05) is 0 Å². The first-order valence-corrected chi connectivity index (χ1v) is 11.1. The summed E-state index contributed by atoms with van der Waals surface area (Å²) in [4.78, 5) is 24.0. The molecule has 3 aliphatic heterocycles. The second-order valence-corrected chi connectivity index (χ2v) is 10.3. The quantitative estimate of drug-likeness (QED) is 0.294. The van der Waals surface area contributed by atoms with Gasteiger partial charge in [0.05, 0.1) is 11.5 Å². The second-order valence-electron chi connectivity index (χ2n) is 6.05. The zero-order valence-corrected chi connectivity index (χ0v) is 18.0. The second kappa shape index (κ2) is 6.24. The van der Waals surface area contributed by atoms with Crippen LogP contribution in [0.25, 0.3) is 0 Å². The SMILES string of the molecule is O=C(OC1C2OS(=O)(=O)C3C2OC1C3C(=O)[O-])c1cc(Br)cc(Br)c1Br. The van der Waals surface area contributed by atoms with Gasteiger partial charge in [0.15, 0.2) is 6.10 Å². The molecule has 0 radical (unpaired) electrons. The highest BCUT2D eigenvalue weighted by Crippen LogP contribution is 2.51. The van der Waals surface area contributed by atoms with Crippen molar-refractivity contribution in [1.29, 1.82) is 0 Å². The molecule has 3 heterocycles. The van der Waals surface area contributed by atoms with Gasteiger partial charge in [0.1, 0.15) is 23.6 Å². The standard InChI is InChI=1S/C14H9Br3O8S/c15-3-1-4(7(17)5(16)2-3)14(20)24-9-8-6(13(18)19)12-11(23-8)10(9)25-26(12,21)22/h1-2,6,8-12H,(H,18,19)/p-1. The molecule has 140 valence electrons. The number of rotatable bonds is 3. The summed E-state index contributed by atoms with van der Waals surface area (Å²) in [6.07, 6.45) is -4.38. The number of carbonyl (C=O) groups excluding carboxylic acids is 2. The molecule has 0 N–H and O–H groups in total. The van der Waals surface area contributed by atoms with Crippen molar-refractivity contribution in [1.82, 2.24) is 0 Å². The molecule has 6 unspecified atom stereocenters. The molecule has 0 aliphatic carbocycles. The van der Waals surface area contributed by atoms with E-state index in [9.17, 15) is 23.1 Å². The fourth-order valence-corrected chi connectivity index (χ4v) is 7.07. The molecule has 3 fully saturated rings. The molecule has 3 aliphatic rings. The Bertz CT molecular complexity index is 932. The maximum Gasteiger partial charge on any atom is 0.339 e. The van der Waals surface area contributed by atoms with E-state index >= 15 is 0 Å². The highest BCUT2D eigenvalue weighted by Gasteiger charge is 2.72. The summed E-state index contributed by atoms with van der Waals surface area (Å²) in [7, 11) is -4.14. The molecular formula is C14H8Br3O8S-.